The van der Waals surface area contributed by atoms with Gasteiger partial charge in [0.1, 0.15) is 0 Å². The van der Waals surface area contributed by atoms with Crippen LogP contribution in [0.2, 0.25) is 0 Å². The van der Waals surface area contributed by atoms with Crippen molar-refractivity contribution >= 4 is 11.3 Å². The van der Waals surface area contributed by atoms with Gasteiger partial charge in [-0.1, -0.05) is 13.0 Å². The zero-order valence-electron chi connectivity index (χ0n) is 13.1. The summed E-state index contributed by atoms with van der Waals surface area (Å²) in [5.41, 5.74) is 0. The van der Waals surface area contributed by atoms with E-state index in [1.165, 1.54) is 43.8 Å². The van der Waals surface area contributed by atoms with Gasteiger partial charge in [-0.15, -0.1) is 11.3 Å². The van der Waals surface area contributed by atoms with Crippen LogP contribution in [0.25, 0.3) is 0 Å². The summed E-state index contributed by atoms with van der Waals surface area (Å²) in [5.74, 6) is 0. The minimum absolute atomic E-state index is 0.500. The Labute approximate surface area is 128 Å². The summed E-state index contributed by atoms with van der Waals surface area (Å²) in [6.07, 6.45) is 3.94. The Bertz CT molecular complexity index is 364. The van der Waals surface area contributed by atoms with Gasteiger partial charge < -0.3 is 15.1 Å². The molecule has 1 fully saturated rings. The van der Waals surface area contributed by atoms with Gasteiger partial charge in [0.2, 0.25) is 0 Å². The van der Waals surface area contributed by atoms with Crippen molar-refractivity contribution < 1.29 is 0 Å². The topological polar surface area (TPSA) is 18.5 Å². The van der Waals surface area contributed by atoms with Gasteiger partial charge in [0.05, 0.1) is 6.04 Å². The fourth-order valence-corrected chi connectivity index (χ4v) is 3.90. The first-order chi connectivity index (χ1) is 9.70. The molecular weight excluding hydrogens is 266 g/mol. The van der Waals surface area contributed by atoms with Crippen LogP contribution in [0.1, 0.15) is 37.1 Å². The molecule has 0 saturated carbocycles. The van der Waals surface area contributed by atoms with E-state index in [9.17, 15) is 0 Å². The van der Waals surface area contributed by atoms with Crippen molar-refractivity contribution in [3.05, 3.63) is 22.4 Å². The third-order valence-corrected chi connectivity index (χ3v) is 5.34. The van der Waals surface area contributed by atoms with Crippen molar-refractivity contribution in [3.8, 4) is 0 Å². The van der Waals surface area contributed by atoms with Crippen molar-refractivity contribution in [1.82, 2.24) is 15.1 Å². The Morgan fingerprint density at radius 3 is 2.90 bits per heavy atom. The summed E-state index contributed by atoms with van der Waals surface area (Å²) in [6.45, 7) is 7.05. The Kier molecular flexibility index (Phi) is 6.49. The molecule has 0 aliphatic carbocycles. The van der Waals surface area contributed by atoms with Gasteiger partial charge in [0, 0.05) is 17.5 Å². The van der Waals surface area contributed by atoms with Crippen LogP contribution in [0.3, 0.4) is 0 Å². The molecule has 0 aromatic carbocycles. The third kappa shape index (κ3) is 4.55. The molecule has 2 heterocycles. The van der Waals surface area contributed by atoms with E-state index in [1.54, 1.807) is 0 Å². The number of likely N-dealkylation sites (N-methyl/N-ethyl adjacent to an activating group) is 1. The van der Waals surface area contributed by atoms with Crippen LogP contribution < -0.4 is 5.32 Å². The highest BCUT2D eigenvalue weighted by Crippen LogP contribution is 2.23. The number of thiophene rings is 1. The van der Waals surface area contributed by atoms with Crippen molar-refractivity contribution in [1.29, 1.82) is 0 Å². The van der Waals surface area contributed by atoms with E-state index >= 15 is 0 Å². The Hall–Kier alpha value is -0.420. The lowest BCUT2D eigenvalue weighted by Crippen LogP contribution is -2.37. The predicted octanol–water partition coefficient (Wildman–Crippen LogP) is 2.81. The van der Waals surface area contributed by atoms with Crippen LogP contribution in [0.5, 0.6) is 0 Å². The number of hydrogen-bond acceptors (Lipinski definition) is 4. The SMILES string of the molecule is CCN1CCCC(NCC(c2cccs2)N(C)C)CC1. The average Bonchev–Trinajstić information content (AvgIpc) is 2.85. The fraction of sp³-hybridized carbons (Fsp3) is 0.750. The van der Waals surface area contributed by atoms with Crippen molar-refractivity contribution in [2.24, 2.45) is 0 Å². The quantitative estimate of drug-likeness (QED) is 0.870. The van der Waals surface area contributed by atoms with Gasteiger partial charge in [-0.05, 0) is 64.4 Å². The first-order valence-electron chi connectivity index (χ1n) is 7.86. The molecule has 1 aromatic heterocycles. The predicted molar refractivity (Wildman–Crippen MR) is 88.5 cm³/mol. The van der Waals surface area contributed by atoms with Crippen molar-refractivity contribution in [2.75, 3.05) is 40.3 Å². The lowest BCUT2D eigenvalue weighted by molar-refractivity contribution is 0.273. The standard InChI is InChI=1S/C16H29N3S/c1-4-19-10-5-7-14(9-11-19)17-13-15(18(2)3)16-8-6-12-20-16/h6,8,12,14-15,17H,4-5,7,9-11,13H2,1-3H3. The summed E-state index contributed by atoms with van der Waals surface area (Å²) in [6, 6.07) is 5.60. The Morgan fingerprint density at radius 2 is 2.25 bits per heavy atom. The minimum atomic E-state index is 0.500. The molecule has 20 heavy (non-hydrogen) atoms. The number of likely N-dealkylation sites (tertiary alicyclic amines) is 1. The highest BCUT2D eigenvalue weighted by molar-refractivity contribution is 7.10. The second-order valence-corrected chi connectivity index (χ2v) is 6.94. The molecule has 3 nitrogen and oxygen atoms in total. The first kappa shape index (κ1) is 16.0. The lowest BCUT2D eigenvalue weighted by atomic mass is 10.1. The molecular formula is C16H29N3S. The van der Waals surface area contributed by atoms with E-state index in [1.807, 2.05) is 11.3 Å². The smallest absolute Gasteiger partial charge is 0.0561 e. The van der Waals surface area contributed by atoms with Crippen molar-refractivity contribution in [2.45, 2.75) is 38.3 Å². The zero-order valence-corrected chi connectivity index (χ0v) is 14.0. The van der Waals surface area contributed by atoms with Crippen LogP contribution in [0.15, 0.2) is 17.5 Å². The molecule has 2 atom stereocenters. The van der Waals surface area contributed by atoms with E-state index in [-0.39, 0.29) is 0 Å². The van der Waals surface area contributed by atoms with Gasteiger partial charge in [-0.25, -0.2) is 0 Å². The molecule has 1 aliphatic rings. The molecule has 0 bridgehead atoms. The van der Waals surface area contributed by atoms with E-state index in [0.717, 1.165) is 6.54 Å². The number of hydrogen-bond donors (Lipinski definition) is 1. The molecule has 1 aliphatic heterocycles. The fourth-order valence-electron chi connectivity index (χ4n) is 2.97. The molecule has 0 amide bonds. The number of nitrogens with one attached hydrogen (secondary N) is 1. The maximum atomic E-state index is 3.81. The van der Waals surface area contributed by atoms with Gasteiger partial charge >= 0.3 is 0 Å². The number of rotatable bonds is 6. The minimum Gasteiger partial charge on any atom is -0.312 e. The Balaban J connectivity index is 1.83. The molecule has 0 spiro atoms. The molecule has 1 N–H and O–H groups in total. The molecule has 114 valence electrons. The van der Waals surface area contributed by atoms with E-state index < -0.39 is 0 Å². The van der Waals surface area contributed by atoms with Gasteiger partial charge in [-0.3, -0.25) is 0 Å². The molecule has 2 rings (SSSR count). The van der Waals surface area contributed by atoms with Crippen molar-refractivity contribution in [3.63, 3.8) is 0 Å². The average molecular weight is 295 g/mol. The molecule has 1 saturated heterocycles. The highest BCUT2D eigenvalue weighted by atomic mass is 32.1. The number of nitrogens with zero attached hydrogens (tertiary/aromatic N) is 2. The van der Waals surface area contributed by atoms with Crippen LogP contribution >= 0.6 is 11.3 Å². The summed E-state index contributed by atoms with van der Waals surface area (Å²) < 4.78 is 0. The van der Waals surface area contributed by atoms with Crippen LogP contribution in [-0.2, 0) is 0 Å². The summed E-state index contributed by atoms with van der Waals surface area (Å²) in [4.78, 5) is 6.37. The third-order valence-electron chi connectivity index (χ3n) is 4.36. The lowest BCUT2D eigenvalue weighted by Gasteiger charge is -2.26. The molecule has 4 heteroatoms. The molecule has 2 unspecified atom stereocenters. The zero-order chi connectivity index (χ0) is 14.4. The largest absolute Gasteiger partial charge is 0.312 e. The first-order valence-corrected chi connectivity index (χ1v) is 8.74. The molecule has 1 aromatic rings. The summed E-state index contributed by atoms with van der Waals surface area (Å²) >= 11 is 1.86. The normalized spacial score (nSPS) is 22.9. The van der Waals surface area contributed by atoms with E-state index in [0.29, 0.717) is 12.1 Å². The van der Waals surface area contributed by atoms with Gasteiger partial charge in [0.15, 0.2) is 0 Å². The highest BCUT2D eigenvalue weighted by Gasteiger charge is 2.19. The maximum absolute atomic E-state index is 3.81. The second-order valence-electron chi connectivity index (χ2n) is 5.97. The summed E-state index contributed by atoms with van der Waals surface area (Å²) in [7, 11) is 4.36. The van der Waals surface area contributed by atoms with E-state index in [4.69, 9.17) is 0 Å². The Morgan fingerprint density at radius 1 is 1.40 bits per heavy atom. The molecule has 0 radical (unpaired) electrons. The van der Waals surface area contributed by atoms with Gasteiger partial charge in [0.25, 0.3) is 0 Å². The maximum Gasteiger partial charge on any atom is 0.0561 e. The van der Waals surface area contributed by atoms with Gasteiger partial charge in [-0.2, -0.15) is 0 Å². The van der Waals surface area contributed by atoms with Crippen LogP contribution in [0.4, 0.5) is 0 Å². The van der Waals surface area contributed by atoms with E-state index in [2.05, 4.69) is 53.6 Å². The van der Waals surface area contributed by atoms with Crippen LogP contribution in [-0.4, -0.2) is 56.1 Å². The monoisotopic (exact) mass is 295 g/mol. The van der Waals surface area contributed by atoms with Crippen LogP contribution in [0, 0.1) is 0 Å². The second kappa shape index (κ2) is 8.13. The summed E-state index contributed by atoms with van der Waals surface area (Å²) in [5, 5.41) is 5.99.